The Kier molecular flexibility index (Phi) is 5.39. The van der Waals surface area contributed by atoms with Gasteiger partial charge >= 0.3 is 0 Å². The van der Waals surface area contributed by atoms with Gasteiger partial charge in [0.15, 0.2) is 11.5 Å². The van der Waals surface area contributed by atoms with Crippen LogP contribution in [0.25, 0.3) is 6.08 Å². The van der Waals surface area contributed by atoms with Crippen molar-refractivity contribution in [2.24, 2.45) is 0 Å². The first-order valence-corrected chi connectivity index (χ1v) is 7.66. The van der Waals surface area contributed by atoms with Gasteiger partial charge in [-0.15, -0.1) is 11.3 Å². The van der Waals surface area contributed by atoms with Gasteiger partial charge in [0.25, 0.3) is 5.91 Å². The molecule has 0 radical (unpaired) electrons. The largest absolute Gasteiger partial charge is 0.493 e. The molecule has 6 heteroatoms. The predicted molar refractivity (Wildman–Crippen MR) is 90.8 cm³/mol. The first-order chi connectivity index (χ1) is 11.1. The number of nitrogens with zero attached hydrogens (tertiary/aromatic N) is 1. The van der Waals surface area contributed by atoms with Gasteiger partial charge in [0.2, 0.25) is 0 Å². The molecule has 2 aromatic rings. The lowest BCUT2D eigenvalue weighted by Crippen LogP contribution is -2.13. The van der Waals surface area contributed by atoms with Gasteiger partial charge in [0.05, 0.1) is 14.2 Å². The highest BCUT2D eigenvalue weighted by Crippen LogP contribution is 2.30. The third-order valence-corrected chi connectivity index (χ3v) is 4.15. The van der Waals surface area contributed by atoms with E-state index in [0.29, 0.717) is 17.2 Å². The normalized spacial score (nSPS) is 10.8. The van der Waals surface area contributed by atoms with Crippen molar-refractivity contribution in [2.75, 3.05) is 19.5 Å². The van der Waals surface area contributed by atoms with Crippen LogP contribution in [-0.4, -0.2) is 20.1 Å². The van der Waals surface area contributed by atoms with Crippen LogP contribution >= 0.6 is 11.3 Å². The lowest BCUT2D eigenvalue weighted by atomic mass is 10.2. The van der Waals surface area contributed by atoms with Crippen LogP contribution in [0, 0.1) is 18.3 Å². The summed E-state index contributed by atoms with van der Waals surface area (Å²) in [6.45, 7) is 1.93. The minimum absolute atomic E-state index is 0.0466. The van der Waals surface area contributed by atoms with Crippen LogP contribution in [0.1, 0.15) is 10.4 Å². The molecule has 0 aliphatic heterocycles. The van der Waals surface area contributed by atoms with Gasteiger partial charge in [-0.2, -0.15) is 5.26 Å². The number of nitriles is 1. The second-order valence-electron chi connectivity index (χ2n) is 4.66. The Balaban J connectivity index is 2.22. The lowest BCUT2D eigenvalue weighted by Gasteiger charge is -2.10. The number of thiophene rings is 1. The number of carbonyl (C=O) groups is 1. The van der Waals surface area contributed by atoms with E-state index in [1.54, 1.807) is 24.3 Å². The molecule has 5 nitrogen and oxygen atoms in total. The van der Waals surface area contributed by atoms with Crippen LogP contribution in [0.3, 0.4) is 0 Å². The standard InChI is InChI=1S/C17H16N2O3S/c1-11-6-7-23-16(11)8-12(10-18)17(20)19-13-4-5-14(21-2)15(9-13)22-3/h4-9H,1-3H3,(H,19,20). The van der Waals surface area contributed by atoms with Crippen LogP contribution in [0.5, 0.6) is 11.5 Å². The molecule has 0 unspecified atom stereocenters. The number of amides is 1. The minimum atomic E-state index is -0.465. The molecule has 0 fully saturated rings. The summed E-state index contributed by atoms with van der Waals surface area (Å²) in [7, 11) is 3.06. The van der Waals surface area contributed by atoms with E-state index in [0.717, 1.165) is 10.4 Å². The number of hydrogen-bond donors (Lipinski definition) is 1. The van der Waals surface area contributed by atoms with Crippen LogP contribution in [0.2, 0.25) is 0 Å². The molecule has 1 heterocycles. The van der Waals surface area contributed by atoms with E-state index in [1.807, 2.05) is 24.4 Å². The summed E-state index contributed by atoms with van der Waals surface area (Å²) in [4.78, 5) is 13.2. The van der Waals surface area contributed by atoms with Gasteiger partial charge in [0, 0.05) is 16.6 Å². The molecule has 0 saturated heterocycles. The number of hydrogen-bond acceptors (Lipinski definition) is 5. The van der Waals surface area contributed by atoms with Gasteiger partial charge in [-0.1, -0.05) is 0 Å². The lowest BCUT2D eigenvalue weighted by molar-refractivity contribution is -0.112. The average Bonchev–Trinajstić information content (AvgIpc) is 2.97. The fraction of sp³-hybridized carbons (Fsp3) is 0.176. The summed E-state index contributed by atoms with van der Waals surface area (Å²) in [5, 5.41) is 13.8. The number of ether oxygens (including phenoxy) is 2. The SMILES string of the molecule is COc1ccc(NC(=O)C(C#N)=Cc2sccc2C)cc1OC. The van der Waals surface area contributed by atoms with Crippen molar-refractivity contribution < 1.29 is 14.3 Å². The van der Waals surface area contributed by atoms with E-state index >= 15 is 0 Å². The molecule has 1 amide bonds. The third-order valence-electron chi connectivity index (χ3n) is 3.18. The zero-order valence-corrected chi connectivity index (χ0v) is 13.9. The second-order valence-corrected chi connectivity index (χ2v) is 5.61. The summed E-state index contributed by atoms with van der Waals surface area (Å²) in [5.41, 5.74) is 1.60. The number of rotatable bonds is 5. The number of anilines is 1. The van der Waals surface area contributed by atoms with Crippen LogP contribution in [-0.2, 0) is 4.79 Å². The molecule has 0 spiro atoms. The monoisotopic (exact) mass is 328 g/mol. The third kappa shape index (κ3) is 3.90. The second kappa shape index (κ2) is 7.47. The van der Waals surface area contributed by atoms with Crippen molar-refractivity contribution in [3.8, 4) is 17.6 Å². The Morgan fingerprint density at radius 3 is 2.57 bits per heavy atom. The van der Waals surface area contributed by atoms with Gasteiger partial charge < -0.3 is 14.8 Å². The van der Waals surface area contributed by atoms with Crippen molar-refractivity contribution in [1.29, 1.82) is 5.26 Å². The van der Waals surface area contributed by atoms with E-state index in [-0.39, 0.29) is 5.57 Å². The summed E-state index contributed by atoms with van der Waals surface area (Å²) < 4.78 is 10.3. The van der Waals surface area contributed by atoms with Crippen LogP contribution in [0.15, 0.2) is 35.2 Å². The first kappa shape index (κ1) is 16.6. The maximum atomic E-state index is 12.3. The van der Waals surface area contributed by atoms with E-state index in [9.17, 15) is 10.1 Å². The quantitative estimate of drug-likeness (QED) is 0.672. The molecule has 23 heavy (non-hydrogen) atoms. The molecule has 0 saturated carbocycles. The van der Waals surface area contributed by atoms with Crippen LogP contribution < -0.4 is 14.8 Å². The molecule has 0 aliphatic carbocycles. The van der Waals surface area contributed by atoms with Crippen molar-refractivity contribution >= 4 is 29.0 Å². The van der Waals surface area contributed by atoms with Gasteiger partial charge in [-0.25, -0.2) is 0 Å². The van der Waals surface area contributed by atoms with Crippen LogP contribution in [0.4, 0.5) is 5.69 Å². The van der Waals surface area contributed by atoms with E-state index in [1.165, 1.54) is 25.6 Å². The topological polar surface area (TPSA) is 71.3 Å². The molecule has 0 bridgehead atoms. The first-order valence-electron chi connectivity index (χ1n) is 6.78. The molecule has 118 valence electrons. The Morgan fingerprint density at radius 2 is 2.00 bits per heavy atom. The maximum Gasteiger partial charge on any atom is 0.266 e. The summed E-state index contributed by atoms with van der Waals surface area (Å²) in [5.74, 6) is 0.602. The highest BCUT2D eigenvalue weighted by atomic mass is 32.1. The number of carbonyl (C=O) groups excluding carboxylic acids is 1. The molecular weight excluding hydrogens is 312 g/mol. The molecule has 1 aromatic heterocycles. The predicted octanol–water partition coefficient (Wildman–Crippen LogP) is 3.62. The van der Waals surface area contributed by atoms with Crippen molar-refractivity contribution in [2.45, 2.75) is 6.92 Å². The average molecular weight is 328 g/mol. The zero-order valence-electron chi connectivity index (χ0n) is 13.0. The number of methoxy groups -OCH3 is 2. The van der Waals surface area contributed by atoms with Gasteiger partial charge in [-0.05, 0) is 42.1 Å². The number of nitrogens with one attached hydrogen (secondary N) is 1. The number of aryl methyl sites for hydroxylation is 1. The molecule has 0 atom stereocenters. The minimum Gasteiger partial charge on any atom is -0.493 e. The smallest absolute Gasteiger partial charge is 0.266 e. The fourth-order valence-electron chi connectivity index (χ4n) is 1.92. The van der Waals surface area contributed by atoms with Crippen molar-refractivity contribution in [3.05, 3.63) is 45.7 Å². The maximum absolute atomic E-state index is 12.3. The van der Waals surface area contributed by atoms with Crippen molar-refractivity contribution in [1.82, 2.24) is 0 Å². The number of benzene rings is 1. The molecule has 2 rings (SSSR count). The Labute approximate surface area is 138 Å². The highest BCUT2D eigenvalue weighted by molar-refractivity contribution is 7.11. The Bertz CT molecular complexity index is 787. The molecule has 1 N–H and O–H groups in total. The van der Waals surface area contributed by atoms with Gasteiger partial charge in [0.1, 0.15) is 11.6 Å². The van der Waals surface area contributed by atoms with Gasteiger partial charge in [-0.3, -0.25) is 4.79 Å². The molecular formula is C17H16N2O3S. The van der Waals surface area contributed by atoms with Crippen molar-refractivity contribution in [3.63, 3.8) is 0 Å². The zero-order chi connectivity index (χ0) is 16.8. The summed E-state index contributed by atoms with van der Waals surface area (Å²) >= 11 is 1.48. The summed E-state index contributed by atoms with van der Waals surface area (Å²) in [6, 6.07) is 8.89. The van der Waals surface area contributed by atoms with E-state index < -0.39 is 5.91 Å². The molecule has 1 aromatic carbocycles. The van der Waals surface area contributed by atoms with E-state index in [4.69, 9.17) is 9.47 Å². The van der Waals surface area contributed by atoms with E-state index in [2.05, 4.69) is 5.32 Å². The molecule has 0 aliphatic rings. The fourth-order valence-corrected chi connectivity index (χ4v) is 2.78. The highest BCUT2D eigenvalue weighted by Gasteiger charge is 2.12. The summed E-state index contributed by atoms with van der Waals surface area (Å²) in [6.07, 6.45) is 1.59. The Morgan fingerprint density at radius 1 is 1.26 bits per heavy atom. The Hall–Kier alpha value is -2.78.